The van der Waals surface area contributed by atoms with Gasteiger partial charge >= 0.3 is 5.76 Å². The van der Waals surface area contributed by atoms with Gasteiger partial charge in [-0.15, -0.1) is 0 Å². The van der Waals surface area contributed by atoms with E-state index in [1.54, 1.807) is 6.07 Å². The standard InChI is InChI=1S/C13H16N2O4S/c1-14(10-6-7-20(17,18)8-10)9-15-11-4-2-3-5-12(11)19-13(15)16/h2-5,10H,6-9H2,1H3/t10-/m0/s1. The first-order valence-electron chi connectivity index (χ1n) is 6.45. The SMILES string of the molecule is CN(Cn1c(=O)oc2ccccc21)[C@H]1CCS(=O)(=O)C1. The molecule has 2 heterocycles. The highest BCUT2D eigenvalue weighted by Gasteiger charge is 2.31. The molecule has 0 amide bonds. The summed E-state index contributed by atoms with van der Waals surface area (Å²) in [6.07, 6.45) is 0.614. The summed E-state index contributed by atoms with van der Waals surface area (Å²) in [7, 11) is -1.09. The fraction of sp³-hybridized carbons (Fsp3) is 0.462. The van der Waals surface area contributed by atoms with Gasteiger partial charge in [-0.2, -0.15) is 0 Å². The molecule has 1 aliphatic heterocycles. The number of fused-ring (bicyclic) bond motifs is 1. The van der Waals surface area contributed by atoms with Crippen molar-refractivity contribution < 1.29 is 12.8 Å². The van der Waals surface area contributed by atoms with Gasteiger partial charge in [-0.05, 0) is 25.6 Å². The van der Waals surface area contributed by atoms with Crippen molar-refractivity contribution in [3.8, 4) is 0 Å². The third kappa shape index (κ3) is 2.38. The maximum Gasteiger partial charge on any atom is 0.421 e. The second-order valence-corrected chi connectivity index (χ2v) is 7.45. The lowest BCUT2D eigenvalue weighted by Gasteiger charge is -2.22. The van der Waals surface area contributed by atoms with Gasteiger partial charge in [0.15, 0.2) is 15.4 Å². The molecule has 1 aromatic heterocycles. The molecule has 0 saturated carbocycles. The van der Waals surface area contributed by atoms with E-state index in [2.05, 4.69) is 0 Å². The highest BCUT2D eigenvalue weighted by Crippen LogP contribution is 2.18. The summed E-state index contributed by atoms with van der Waals surface area (Å²) >= 11 is 0. The lowest BCUT2D eigenvalue weighted by Crippen LogP contribution is -2.36. The van der Waals surface area contributed by atoms with Crippen LogP contribution in [0.5, 0.6) is 0 Å². The molecule has 1 aromatic carbocycles. The molecular formula is C13H16N2O4S. The minimum absolute atomic E-state index is 0.0411. The van der Waals surface area contributed by atoms with Crippen LogP contribution in [0.15, 0.2) is 33.5 Å². The molecule has 20 heavy (non-hydrogen) atoms. The van der Waals surface area contributed by atoms with E-state index in [9.17, 15) is 13.2 Å². The third-order valence-corrected chi connectivity index (χ3v) is 5.52. The minimum atomic E-state index is -2.92. The molecule has 0 bridgehead atoms. The van der Waals surface area contributed by atoms with E-state index in [1.807, 2.05) is 30.1 Å². The molecule has 0 radical (unpaired) electrons. The van der Waals surface area contributed by atoms with Crippen molar-refractivity contribution in [2.45, 2.75) is 19.1 Å². The molecule has 1 atom stereocenters. The van der Waals surface area contributed by atoms with Crippen molar-refractivity contribution in [3.63, 3.8) is 0 Å². The maximum atomic E-state index is 11.9. The predicted octanol–water partition coefficient (Wildman–Crippen LogP) is 0.671. The number of para-hydroxylation sites is 2. The quantitative estimate of drug-likeness (QED) is 0.832. The first-order valence-corrected chi connectivity index (χ1v) is 8.27. The van der Waals surface area contributed by atoms with E-state index in [-0.39, 0.29) is 17.5 Å². The Kier molecular flexibility index (Phi) is 3.18. The van der Waals surface area contributed by atoms with Gasteiger partial charge in [0, 0.05) is 6.04 Å². The van der Waals surface area contributed by atoms with E-state index < -0.39 is 15.6 Å². The minimum Gasteiger partial charge on any atom is -0.408 e. The molecule has 1 aliphatic rings. The van der Waals surface area contributed by atoms with Crippen LogP contribution in [-0.2, 0) is 16.5 Å². The molecule has 7 heteroatoms. The van der Waals surface area contributed by atoms with Crippen LogP contribution >= 0.6 is 0 Å². The van der Waals surface area contributed by atoms with E-state index in [0.29, 0.717) is 18.7 Å². The molecule has 1 fully saturated rings. The summed E-state index contributed by atoms with van der Waals surface area (Å²) in [6.45, 7) is 0.329. The van der Waals surface area contributed by atoms with Crippen LogP contribution < -0.4 is 5.76 Å². The van der Waals surface area contributed by atoms with Gasteiger partial charge in [0.2, 0.25) is 0 Å². The fourth-order valence-electron chi connectivity index (χ4n) is 2.61. The van der Waals surface area contributed by atoms with Crippen LogP contribution in [-0.4, -0.2) is 42.5 Å². The molecule has 0 N–H and O–H groups in total. The number of oxazole rings is 1. The van der Waals surface area contributed by atoms with Crippen LogP contribution in [0.25, 0.3) is 11.1 Å². The third-order valence-electron chi connectivity index (χ3n) is 3.77. The molecule has 0 aliphatic carbocycles. The number of benzene rings is 1. The van der Waals surface area contributed by atoms with Crippen molar-refractivity contribution in [2.75, 3.05) is 18.6 Å². The summed E-state index contributed by atoms with van der Waals surface area (Å²) in [4.78, 5) is 13.8. The summed E-state index contributed by atoms with van der Waals surface area (Å²) in [5, 5.41) is 0. The normalized spacial score (nSPS) is 21.8. The summed E-state index contributed by atoms with van der Waals surface area (Å²) < 4.78 is 29.7. The second-order valence-electron chi connectivity index (χ2n) is 5.22. The van der Waals surface area contributed by atoms with Gasteiger partial charge in [-0.1, -0.05) is 12.1 Å². The number of nitrogens with zero attached hydrogens (tertiary/aromatic N) is 2. The van der Waals surface area contributed by atoms with E-state index >= 15 is 0 Å². The van der Waals surface area contributed by atoms with Gasteiger partial charge in [0.25, 0.3) is 0 Å². The Morgan fingerprint density at radius 2 is 2.15 bits per heavy atom. The monoisotopic (exact) mass is 296 g/mol. The van der Waals surface area contributed by atoms with Crippen LogP contribution in [0.4, 0.5) is 0 Å². The summed E-state index contributed by atoms with van der Waals surface area (Å²) in [6, 6.07) is 7.17. The number of aromatic nitrogens is 1. The van der Waals surface area contributed by atoms with Crippen molar-refractivity contribution in [2.24, 2.45) is 0 Å². The smallest absolute Gasteiger partial charge is 0.408 e. The van der Waals surface area contributed by atoms with Crippen molar-refractivity contribution in [3.05, 3.63) is 34.8 Å². The van der Waals surface area contributed by atoms with Crippen LogP contribution in [0.2, 0.25) is 0 Å². The zero-order valence-electron chi connectivity index (χ0n) is 11.2. The first-order chi connectivity index (χ1) is 9.46. The Hall–Kier alpha value is -1.60. The van der Waals surface area contributed by atoms with Gasteiger partial charge in [0.05, 0.1) is 23.7 Å². The first kappa shape index (κ1) is 13.4. The molecule has 0 spiro atoms. The van der Waals surface area contributed by atoms with Crippen LogP contribution in [0.3, 0.4) is 0 Å². The molecule has 108 valence electrons. The molecule has 1 saturated heterocycles. The summed E-state index contributed by atoms with van der Waals surface area (Å²) in [5.41, 5.74) is 1.27. The van der Waals surface area contributed by atoms with Crippen LogP contribution in [0.1, 0.15) is 6.42 Å². The van der Waals surface area contributed by atoms with E-state index in [1.165, 1.54) is 4.57 Å². The Morgan fingerprint density at radius 1 is 1.40 bits per heavy atom. The Labute approximate surface area is 116 Å². The highest BCUT2D eigenvalue weighted by molar-refractivity contribution is 7.91. The molecule has 0 unspecified atom stereocenters. The largest absolute Gasteiger partial charge is 0.421 e. The number of rotatable bonds is 3. The van der Waals surface area contributed by atoms with Gasteiger partial charge in [-0.25, -0.2) is 13.2 Å². The number of hydrogen-bond donors (Lipinski definition) is 0. The van der Waals surface area contributed by atoms with Crippen molar-refractivity contribution in [1.82, 2.24) is 9.47 Å². The summed E-state index contributed by atoms with van der Waals surface area (Å²) in [5.74, 6) is -0.0317. The number of hydrogen-bond acceptors (Lipinski definition) is 5. The zero-order valence-corrected chi connectivity index (χ0v) is 12.0. The zero-order chi connectivity index (χ0) is 14.3. The van der Waals surface area contributed by atoms with E-state index in [4.69, 9.17) is 4.42 Å². The molecule has 2 aromatic rings. The van der Waals surface area contributed by atoms with Gasteiger partial charge < -0.3 is 4.42 Å². The Morgan fingerprint density at radius 3 is 2.85 bits per heavy atom. The predicted molar refractivity (Wildman–Crippen MR) is 75.3 cm³/mol. The molecule has 6 nitrogen and oxygen atoms in total. The Balaban J connectivity index is 1.86. The average Bonchev–Trinajstić information content (AvgIpc) is 2.91. The van der Waals surface area contributed by atoms with Crippen molar-refractivity contribution in [1.29, 1.82) is 0 Å². The second kappa shape index (κ2) is 4.75. The van der Waals surface area contributed by atoms with Gasteiger partial charge in [-0.3, -0.25) is 9.47 Å². The van der Waals surface area contributed by atoms with Crippen LogP contribution in [0, 0.1) is 0 Å². The fourth-order valence-corrected chi connectivity index (χ4v) is 4.41. The average molecular weight is 296 g/mol. The lowest BCUT2D eigenvalue weighted by molar-refractivity contribution is 0.204. The Bertz CT molecular complexity index is 790. The maximum absolute atomic E-state index is 11.9. The van der Waals surface area contributed by atoms with Crippen molar-refractivity contribution >= 4 is 20.9 Å². The van der Waals surface area contributed by atoms with E-state index in [0.717, 1.165) is 5.52 Å². The molecule has 3 rings (SSSR count). The van der Waals surface area contributed by atoms with Gasteiger partial charge in [0.1, 0.15) is 0 Å². The number of sulfone groups is 1. The topological polar surface area (TPSA) is 72.5 Å². The lowest BCUT2D eigenvalue weighted by atomic mass is 10.2. The molecular weight excluding hydrogens is 280 g/mol. The highest BCUT2D eigenvalue weighted by atomic mass is 32.2.